The Morgan fingerprint density at radius 2 is 1.36 bits per heavy atom. The van der Waals surface area contributed by atoms with E-state index in [1.165, 1.54) is 16.7 Å². The molecule has 80 valence electrons. The zero-order chi connectivity index (χ0) is 10.2. The van der Waals surface area contributed by atoms with E-state index in [1.54, 1.807) is 0 Å². The van der Waals surface area contributed by atoms with Crippen molar-refractivity contribution in [2.24, 2.45) is 0 Å². The van der Waals surface area contributed by atoms with E-state index in [2.05, 4.69) is 46.8 Å². The van der Waals surface area contributed by atoms with Crippen molar-refractivity contribution >= 4 is 18.1 Å². The second kappa shape index (κ2) is 4.22. The lowest BCUT2D eigenvalue weighted by atomic mass is 9.85. The Kier molecular flexibility index (Phi) is 4.01. The zero-order valence-electron chi connectivity index (χ0n) is 9.64. The number of halogens is 1. The Morgan fingerprint density at radius 3 is 1.64 bits per heavy atom. The first-order valence-corrected chi connectivity index (χ1v) is 4.69. The molecule has 0 aromatic heterocycles. The minimum absolute atomic E-state index is 0. The van der Waals surface area contributed by atoms with Gasteiger partial charge in [0, 0.05) is 5.69 Å². The first-order chi connectivity index (χ1) is 5.82. The van der Waals surface area contributed by atoms with E-state index in [-0.39, 0.29) is 17.8 Å². The summed E-state index contributed by atoms with van der Waals surface area (Å²) >= 11 is 0. The third-order valence-corrected chi connectivity index (χ3v) is 2.46. The summed E-state index contributed by atoms with van der Waals surface area (Å²) in [7, 11) is 0. The smallest absolute Gasteiger partial charge is 0.0373 e. The standard InChI is InChI=1S/C12H19N.ClH/c1-8-6-10(12(3,4)5)7-9(2)11(8)13;/h6-7H,13H2,1-5H3;1H. The van der Waals surface area contributed by atoms with Crippen LogP contribution in [0.5, 0.6) is 0 Å². The van der Waals surface area contributed by atoms with Crippen LogP contribution in [0.4, 0.5) is 5.69 Å². The number of aryl methyl sites for hydroxylation is 2. The summed E-state index contributed by atoms with van der Waals surface area (Å²) in [5, 5.41) is 0. The quantitative estimate of drug-likeness (QED) is 0.655. The normalized spacial score (nSPS) is 10.9. The van der Waals surface area contributed by atoms with Gasteiger partial charge >= 0.3 is 0 Å². The molecule has 1 nitrogen and oxygen atoms in total. The number of nitrogens with two attached hydrogens (primary N) is 1. The van der Waals surface area contributed by atoms with Gasteiger partial charge in [0.05, 0.1) is 0 Å². The number of anilines is 1. The van der Waals surface area contributed by atoms with Gasteiger partial charge in [0.2, 0.25) is 0 Å². The number of benzene rings is 1. The Labute approximate surface area is 93.1 Å². The molecule has 1 rings (SSSR count). The van der Waals surface area contributed by atoms with Gasteiger partial charge in [-0.05, 0) is 36.0 Å². The summed E-state index contributed by atoms with van der Waals surface area (Å²) in [6.45, 7) is 10.8. The molecule has 0 saturated heterocycles. The van der Waals surface area contributed by atoms with E-state index >= 15 is 0 Å². The number of hydrogen-bond donors (Lipinski definition) is 1. The molecular formula is C12H20ClN. The lowest BCUT2D eigenvalue weighted by Crippen LogP contribution is -2.12. The van der Waals surface area contributed by atoms with Crippen molar-refractivity contribution in [1.82, 2.24) is 0 Å². The summed E-state index contributed by atoms with van der Waals surface area (Å²) in [5.74, 6) is 0. The van der Waals surface area contributed by atoms with Crippen LogP contribution in [0.25, 0.3) is 0 Å². The molecular weight excluding hydrogens is 194 g/mol. The largest absolute Gasteiger partial charge is 0.398 e. The maximum Gasteiger partial charge on any atom is 0.0373 e. The van der Waals surface area contributed by atoms with Gasteiger partial charge in [-0.1, -0.05) is 32.9 Å². The Bertz CT molecular complexity index is 301. The number of nitrogen functional groups attached to an aromatic ring is 1. The van der Waals surface area contributed by atoms with E-state index in [4.69, 9.17) is 5.73 Å². The predicted octanol–water partition coefficient (Wildman–Crippen LogP) is 3.60. The summed E-state index contributed by atoms with van der Waals surface area (Å²) in [6, 6.07) is 4.37. The van der Waals surface area contributed by atoms with Gasteiger partial charge in [-0.15, -0.1) is 12.4 Å². The summed E-state index contributed by atoms with van der Waals surface area (Å²) in [6.07, 6.45) is 0. The molecule has 0 unspecified atom stereocenters. The monoisotopic (exact) mass is 213 g/mol. The summed E-state index contributed by atoms with van der Waals surface area (Å²) < 4.78 is 0. The Hall–Kier alpha value is -0.690. The Balaban J connectivity index is 0.00000169. The first-order valence-electron chi connectivity index (χ1n) is 4.69. The van der Waals surface area contributed by atoms with E-state index in [0.717, 1.165) is 5.69 Å². The van der Waals surface area contributed by atoms with E-state index < -0.39 is 0 Å². The molecule has 2 heteroatoms. The average Bonchev–Trinajstić information content (AvgIpc) is 1.97. The van der Waals surface area contributed by atoms with Crippen LogP contribution < -0.4 is 5.73 Å². The highest BCUT2D eigenvalue weighted by Crippen LogP contribution is 2.27. The third-order valence-electron chi connectivity index (χ3n) is 2.46. The van der Waals surface area contributed by atoms with Crippen molar-refractivity contribution in [1.29, 1.82) is 0 Å². The van der Waals surface area contributed by atoms with E-state index in [9.17, 15) is 0 Å². The molecule has 0 radical (unpaired) electrons. The fourth-order valence-corrected chi connectivity index (χ4v) is 1.41. The van der Waals surface area contributed by atoms with Gasteiger partial charge in [-0.3, -0.25) is 0 Å². The topological polar surface area (TPSA) is 26.0 Å². The van der Waals surface area contributed by atoms with Gasteiger partial charge in [0.15, 0.2) is 0 Å². The van der Waals surface area contributed by atoms with Crippen LogP contribution in [0, 0.1) is 13.8 Å². The number of rotatable bonds is 0. The lowest BCUT2D eigenvalue weighted by molar-refractivity contribution is 0.589. The highest BCUT2D eigenvalue weighted by Gasteiger charge is 2.15. The average molecular weight is 214 g/mol. The molecule has 0 spiro atoms. The van der Waals surface area contributed by atoms with Gasteiger partial charge in [0.1, 0.15) is 0 Å². The molecule has 0 bridgehead atoms. The van der Waals surface area contributed by atoms with Crippen LogP contribution in [-0.2, 0) is 5.41 Å². The minimum Gasteiger partial charge on any atom is -0.398 e. The minimum atomic E-state index is 0. The maximum absolute atomic E-state index is 5.89. The molecule has 0 heterocycles. The van der Waals surface area contributed by atoms with Gasteiger partial charge < -0.3 is 5.73 Å². The van der Waals surface area contributed by atoms with Gasteiger partial charge in [0.25, 0.3) is 0 Å². The van der Waals surface area contributed by atoms with Crippen molar-refractivity contribution in [2.75, 3.05) is 5.73 Å². The van der Waals surface area contributed by atoms with Crippen LogP contribution in [0.1, 0.15) is 37.5 Å². The van der Waals surface area contributed by atoms with E-state index in [0.29, 0.717) is 0 Å². The van der Waals surface area contributed by atoms with Gasteiger partial charge in [-0.25, -0.2) is 0 Å². The van der Waals surface area contributed by atoms with Crippen LogP contribution in [0.15, 0.2) is 12.1 Å². The third kappa shape index (κ3) is 2.65. The fraction of sp³-hybridized carbons (Fsp3) is 0.500. The molecule has 0 aliphatic heterocycles. The van der Waals surface area contributed by atoms with Crippen molar-refractivity contribution < 1.29 is 0 Å². The van der Waals surface area contributed by atoms with Crippen LogP contribution in [0.3, 0.4) is 0 Å². The lowest BCUT2D eigenvalue weighted by Gasteiger charge is -2.21. The molecule has 2 N–H and O–H groups in total. The molecule has 0 atom stereocenters. The predicted molar refractivity (Wildman–Crippen MR) is 66.3 cm³/mol. The molecule has 1 aromatic carbocycles. The molecule has 1 aromatic rings. The van der Waals surface area contributed by atoms with Crippen LogP contribution in [0.2, 0.25) is 0 Å². The van der Waals surface area contributed by atoms with Crippen molar-refractivity contribution in [3.63, 3.8) is 0 Å². The SMILES string of the molecule is Cc1cc(C(C)(C)C)cc(C)c1N.Cl. The van der Waals surface area contributed by atoms with Gasteiger partial charge in [-0.2, -0.15) is 0 Å². The van der Waals surface area contributed by atoms with E-state index in [1.807, 2.05) is 0 Å². The maximum atomic E-state index is 5.89. The van der Waals surface area contributed by atoms with Crippen molar-refractivity contribution in [2.45, 2.75) is 40.0 Å². The van der Waals surface area contributed by atoms with Crippen LogP contribution in [-0.4, -0.2) is 0 Å². The molecule has 14 heavy (non-hydrogen) atoms. The zero-order valence-corrected chi connectivity index (χ0v) is 10.5. The van der Waals surface area contributed by atoms with Crippen molar-refractivity contribution in [3.05, 3.63) is 28.8 Å². The fourth-order valence-electron chi connectivity index (χ4n) is 1.41. The molecule has 0 saturated carbocycles. The highest BCUT2D eigenvalue weighted by atomic mass is 35.5. The highest BCUT2D eigenvalue weighted by molar-refractivity contribution is 5.85. The first kappa shape index (κ1) is 13.3. The summed E-state index contributed by atoms with van der Waals surface area (Å²) in [4.78, 5) is 0. The number of hydrogen-bond acceptors (Lipinski definition) is 1. The van der Waals surface area contributed by atoms with Crippen molar-refractivity contribution in [3.8, 4) is 0 Å². The molecule has 0 aliphatic rings. The Morgan fingerprint density at radius 1 is 1.00 bits per heavy atom. The summed E-state index contributed by atoms with van der Waals surface area (Å²) in [5.41, 5.74) is 10.8. The molecule has 0 fully saturated rings. The molecule has 0 aliphatic carbocycles. The second-order valence-corrected chi connectivity index (χ2v) is 4.77. The second-order valence-electron chi connectivity index (χ2n) is 4.77. The molecule has 0 amide bonds. The van der Waals surface area contributed by atoms with Crippen LogP contribution >= 0.6 is 12.4 Å².